The van der Waals surface area contributed by atoms with Gasteiger partial charge in [-0.15, -0.1) is 0 Å². The summed E-state index contributed by atoms with van der Waals surface area (Å²) in [6.07, 6.45) is 6.61. The number of carbonyl (C=O) groups is 1. The van der Waals surface area contributed by atoms with E-state index in [9.17, 15) is 4.79 Å². The summed E-state index contributed by atoms with van der Waals surface area (Å²) in [7, 11) is 1.66. The zero-order valence-electron chi connectivity index (χ0n) is 18.7. The highest BCUT2D eigenvalue weighted by Gasteiger charge is 2.37. The average molecular weight is 434 g/mol. The van der Waals surface area contributed by atoms with E-state index in [4.69, 9.17) is 14.5 Å². The number of methoxy groups -OCH3 is 1. The van der Waals surface area contributed by atoms with Crippen molar-refractivity contribution in [2.75, 3.05) is 20.3 Å². The number of aromatic nitrogens is 2. The van der Waals surface area contributed by atoms with Crippen LogP contribution < -0.4 is 9.47 Å². The van der Waals surface area contributed by atoms with Gasteiger partial charge in [-0.3, -0.25) is 4.79 Å². The molecule has 0 radical (unpaired) electrons. The van der Waals surface area contributed by atoms with Crippen LogP contribution in [0.3, 0.4) is 0 Å². The van der Waals surface area contributed by atoms with Gasteiger partial charge in [0.05, 0.1) is 24.7 Å². The Bertz CT molecular complexity index is 1070. The van der Waals surface area contributed by atoms with Crippen molar-refractivity contribution in [2.24, 2.45) is 0 Å². The number of benzene rings is 2. The Morgan fingerprint density at radius 2 is 1.75 bits per heavy atom. The average Bonchev–Trinajstić information content (AvgIpc) is 3.41. The quantitative estimate of drug-likeness (QED) is 0.538. The number of ether oxygens (including phenoxy) is 2. The van der Waals surface area contributed by atoms with Gasteiger partial charge in [-0.05, 0) is 49.2 Å². The van der Waals surface area contributed by atoms with E-state index in [0.717, 1.165) is 47.7 Å². The van der Waals surface area contributed by atoms with Crippen LogP contribution in [0.5, 0.6) is 11.5 Å². The van der Waals surface area contributed by atoms with Crippen LogP contribution in [0.25, 0.3) is 11.0 Å². The summed E-state index contributed by atoms with van der Waals surface area (Å²) in [4.78, 5) is 20.0. The molecular formula is C26H31N3O3. The first-order valence-electron chi connectivity index (χ1n) is 11.7. The van der Waals surface area contributed by atoms with Gasteiger partial charge in [0.25, 0.3) is 0 Å². The lowest BCUT2D eigenvalue weighted by Crippen LogP contribution is -2.37. The molecule has 0 bridgehead atoms. The summed E-state index contributed by atoms with van der Waals surface area (Å²) in [6, 6.07) is 16.3. The number of fused-ring (bicyclic) bond motifs is 1. The minimum absolute atomic E-state index is 0.137. The first-order chi connectivity index (χ1) is 15.7. The molecule has 2 aliphatic rings. The van der Waals surface area contributed by atoms with Crippen LogP contribution in [0.15, 0.2) is 48.5 Å². The number of carbonyl (C=O) groups excluding carboxylic acids is 1. The van der Waals surface area contributed by atoms with Crippen molar-refractivity contribution in [1.29, 1.82) is 0 Å². The van der Waals surface area contributed by atoms with Gasteiger partial charge in [0, 0.05) is 24.9 Å². The Morgan fingerprint density at radius 3 is 2.53 bits per heavy atom. The maximum atomic E-state index is 12.9. The SMILES string of the molecule is COc1ccc(OCCn2c(C3CC(=O)N(C4CCCCC4)C3)nc3ccccc32)cc1. The highest BCUT2D eigenvalue weighted by molar-refractivity contribution is 5.81. The van der Waals surface area contributed by atoms with Crippen molar-refractivity contribution in [3.05, 3.63) is 54.4 Å². The molecule has 2 aromatic carbocycles. The number of imidazole rings is 1. The van der Waals surface area contributed by atoms with E-state index in [1.165, 1.54) is 19.3 Å². The Balaban J connectivity index is 1.34. The van der Waals surface area contributed by atoms with Crippen LogP contribution >= 0.6 is 0 Å². The molecule has 0 N–H and O–H groups in total. The Hall–Kier alpha value is -3.02. The monoisotopic (exact) mass is 433 g/mol. The summed E-state index contributed by atoms with van der Waals surface area (Å²) < 4.78 is 13.5. The first kappa shape index (κ1) is 20.9. The molecule has 1 atom stereocenters. The minimum Gasteiger partial charge on any atom is -0.497 e. The lowest BCUT2D eigenvalue weighted by molar-refractivity contribution is -0.130. The number of hydrogen-bond acceptors (Lipinski definition) is 4. The molecule has 2 heterocycles. The third-order valence-corrected chi connectivity index (χ3v) is 6.87. The van der Waals surface area contributed by atoms with Crippen LogP contribution in [0.4, 0.5) is 0 Å². The largest absolute Gasteiger partial charge is 0.497 e. The number of hydrogen-bond donors (Lipinski definition) is 0. The molecule has 1 aliphatic heterocycles. The van der Waals surface area contributed by atoms with Crippen molar-refractivity contribution in [3.63, 3.8) is 0 Å². The van der Waals surface area contributed by atoms with Gasteiger partial charge >= 0.3 is 0 Å². The fraction of sp³-hybridized carbons (Fsp3) is 0.462. The highest BCUT2D eigenvalue weighted by atomic mass is 16.5. The lowest BCUT2D eigenvalue weighted by Gasteiger charge is -2.31. The first-order valence-corrected chi connectivity index (χ1v) is 11.7. The molecule has 168 valence electrons. The van der Waals surface area contributed by atoms with Gasteiger partial charge in [-0.25, -0.2) is 4.98 Å². The number of para-hydroxylation sites is 2. The van der Waals surface area contributed by atoms with Crippen molar-refractivity contribution in [2.45, 2.75) is 57.0 Å². The smallest absolute Gasteiger partial charge is 0.223 e. The topological polar surface area (TPSA) is 56.6 Å². The number of nitrogens with zero attached hydrogens (tertiary/aromatic N) is 3. The Morgan fingerprint density at radius 1 is 1.00 bits per heavy atom. The second-order valence-corrected chi connectivity index (χ2v) is 8.87. The Kier molecular flexibility index (Phi) is 6.02. The van der Waals surface area contributed by atoms with Gasteiger partial charge in [0.15, 0.2) is 0 Å². The summed E-state index contributed by atoms with van der Waals surface area (Å²) in [6.45, 7) is 2.01. The van der Waals surface area contributed by atoms with Crippen molar-refractivity contribution >= 4 is 16.9 Å². The zero-order valence-corrected chi connectivity index (χ0v) is 18.7. The molecule has 6 heteroatoms. The van der Waals surface area contributed by atoms with E-state index in [1.807, 2.05) is 36.4 Å². The molecular weight excluding hydrogens is 402 g/mol. The van der Waals surface area contributed by atoms with E-state index in [-0.39, 0.29) is 11.8 Å². The van der Waals surface area contributed by atoms with Crippen molar-refractivity contribution in [1.82, 2.24) is 14.5 Å². The lowest BCUT2D eigenvalue weighted by atomic mass is 9.94. The molecule has 1 amide bonds. The number of likely N-dealkylation sites (tertiary alicyclic amines) is 1. The van der Waals surface area contributed by atoms with E-state index < -0.39 is 0 Å². The van der Waals surface area contributed by atoms with Gasteiger partial charge in [-0.1, -0.05) is 31.4 Å². The van der Waals surface area contributed by atoms with Gasteiger partial charge in [0.1, 0.15) is 23.9 Å². The fourth-order valence-electron chi connectivity index (χ4n) is 5.22. The second kappa shape index (κ2) is 9.23. The number of amides is 1. The van der Waals surface area contributed by atoms with Crippen LogP contribution in [0.1, 0.15) is 50.3 Å². The predicted octanol–water partition coefficient (Wildman–Crippen LogP) is 4.77. The molecule has 1 saturated heterocycles. The number of rotatable bonds is 7. The van der Waals surface area contributed by atoms with E-state index in [1.54, 1.807) is 7.11 Å². The van der Waals surface area contributed by atoms with Crippen molar-refractivity contribution in [3.8, 4) is 11.5 Å². The van der Waals surface area contributed by atoms with E-state index in [0.29, 0.717) is 25.6 Å². The molecule has 0 spiro atoms. The van der Waals surface area contributed by atoms with Gasteiger partial charge in [-0.2, -0.15) is 0 Å². The molecule has 1 aliphatic carbocycles. The van der Waals surface area contributed by atoms with Crippen LogP contribution in [-0.2, 0) is 11.3 Å². The fourth-order valence-corrected chi connectivity index (χ4v) is 5.22. The van der Waals surface area contributed by atoms with Crippen LogP contribution in [0.2, 0.25) is 0 Å². The normalized spacial score (nSPS) is 19.6. The van der Waals surface area contributed by atoms with Gasteiger partial charge in [0.2, 0.25) is 5.91 Å². The molecule has 32 heavy (non-hydrogen) atoms. The standard InChI is InChI=1S/C26H31N3O3/c1-31-21-11-13-22(14-12-21)32-16-15-28-24-10-6-5-9-23(24)27-26(28)19-17-25(30)29(18-19)20-7-3-2-4-8-20/h5-6,9-14,19-20H,2-4,7-8,15-18H2,1H3. The minimum atomic E-state index is 0.137. The van der Waals surface area contributed by atoms with Crippen LogP contribution in [-0.4, -0.2) is 46.7 Å². The van der Waals surface area contributed by atoms with Crippen molar-refractivity contribution < 1.29 is 14.3 Å². The molecule has 1 unspecified atom stereocenters. The predicted molar refractivity (Wildman–Crippen MR) is 124 cm³/mol. The summed E-state index contributed by atoms with van der Waals surface area (Å²) in [5.74, 6) is 3.06. The molecule has 2 fully saturated rings. The van der Waals surface area contributed by atoms with Crippen LogP contribution in [0, 0.1) is 0 Å². The molecule has 3 aromatic rings. The van der Waals surface area contributed by atoms with Gasteiger partial charge < -0.3 is 18.9 Å². The summed E-state index contributed by atoms with van der Waals surface area (Å²) in [5.41, 5.74) is 2.08. The maximum absolute atomic E-state index is 12.9. The zero-order chi connectivity index (χ0) is 21.9. The Labute approximate surface area is 189 Å². The summed E-state index contributed by atoms with van der Waals surface area (Å²) >= 11 is 0. The summed E-state index contributed by atoms with van der Waals surface area (Å²) in [5, 5.41) is 0. The molecule has 1 aromatic heterocycles. The third kappa shape index (κ3) is 4.18. The third-order valence-electron chi connectivity index (χ3n) is 6.87. The molecule has 5 rings (SSSR count). The molecule has 1 saturated carbocycles. The molecule has 6 nitrogen and oxygen atoms in total. The maximum Gasteiger partial charge on any atom is 0.223 e. The highest BCUT2D eigenvalue weighted by Crippen LogP contribution is 2.34. The van der Waals surface area contributed by atoms with E-state index in [2.05, 4.69) is 21.6 Å². The van der Waals surface area contributed by atoms with E-state index >= 15 is 0 Å². The second-order valence-electron chi connectivity index (χ2n) is 8.87.